The summed E-state index contributed by atoms with van der Waals surface area (Å²) in [7, 11) is 0. The van der Waals surface area contributed by atoms with E-state index in [1.807, 2.05) is 13.8 Å². The molecule has 0 amide bonds. The maximum absolute atomic E-state index is 8.62. The normalized spacial score (nSPS) is 13.9. The van der Waals surface area contributed by atoms with Crippen LogP contribution in [0, 0.1) is 13.8 Å². The fraction of sp³-hybridized carbons (Fsp3) is 0.250. The summed E-state index contributed by atoms with van der Waals surface area (Å²) in [5, 5.41) is 3.38. The molecule has 0 aliphatic rings. The van der Waals surface area contributed by atoms with Crippen LogP contribution in [0.25, 0.3) is 32.5 Å². The number of hydrogen-bond acceptors (Lipinski definition) is 4. The van der Waals surface area contributed by atoms with Crippen molar-refractivity contribution in [3.8, 4) is 0 Å². The summed E-state index contributed by atoms with van der Waals surface area (Å²) >= 11 is 0. The molecule has 7 nitrogen and oxygen atoms in total. The maximum Gasteiger partial charge on any atom is 0.197 e. The lowest BCUT2D eigenvalue weighted by atomic mass is 10.2. The van der Waals surface area contributed by atoms with Gasteiger partial charge in [-0.3, -0.25) is 0 Å². The molecule has 0 aliphatic heterocycles. The van der Waals surface area contributed by atoms with Crippen molar-refractivity contribution < 1.29 is 4.11 Å². The van der Waals surface area contributed by atoms with Crippen LogP contribution in [0.4, 0.5) is 5.95 Å². The second kappa shape index (κ2) is 3.93. The third-order valence-corrected chi connectivity index (χ3v) is 2.99. The first kappa shape index (κ1) is 8.44. The Labute approximate surface area is 112 Å². The Kier molecular flexibility index (Phi) is 1.75. The zero-order valence-electron chi connectivity index (χ0n) is 13.3. The molecule has 94 valence electrons. The zero-order valence-corrected chi connectivity index (χ0v) is 10.3. The monoisotopic (exact) mass is 256 g/mol. The number of nitrogens with zero attached hydrogens (tertiary/aromatic N) is 7. The fourth-order valence-corrected chi connectivity index (χ4v) is 1.92. The van der Waals surface area contributed by atoms with Gasteiger partial charge in [-0.1, -0.05) is 0 Å². The van der Waals surface area contributed by atoms with Gasteiger partial charge in [-0.05, 0) is 36.6 Å². The number of fused-ring (bicyclic) bond motifs is 3. The topological polar surface area (TPSA) is 92.4 Å². The van der Waals surface area contributed by atoms with Gasteiger partial charge in [0, 0.05) is 16.0 Å². The highest BCUT2D eigenvalue weighted by molar-refractivity contribution is 6.01. The number of hydrogen-bond donors (Lipinski definition) is 0. The summed E-state index contributed by atoms with van der Waals surface area (Å²) in [5.74, 6) is -0.218. The van der Waals surface area contributed by atoms with Gasteiger partial charge >= 0.3 is 0 Å². The van der Waals surface area contributed by atoms with E-state index in [0.29, 0.717) is 22.1 Å². The highest BCUT2D eigenvalue weighted by atomic mass is 15.3. The van der Waals surface area contributed by atoms with Crippen LogP contribution in [0.5, 0.6) is 0 Å². The molecule has 0 fully saturated rings. The number of aryl methyl sites for hydroxylation is 3. The Morgan fingerprint density at radius 3 is 2.74 bits per heavy atom. The van der Waals surface area contributed by atoms with Crippen LogP contribution in [0.3, 0.4) is 0 Å². The summed E-state index contributed by atoms with van der Waals surface area (Å²) in [5.41, 5.74) is 11.9. The average molecular weight is 256 g/mol. The van der Waals surface area contributed by atoms with Crippen LogP contribution in [0.2, 0.25) is 0 Å². The average Bonchev–Trinajstić information content (AvgIpc) is 2.79. The molecule has 0 aliphatic carbocycles. The molecule has 0 atom stereocenters. The van der Waals surface area contributed by atoms with E-state index in [1.165, 1.54) is 0 Å². The lowest BCUT2D eigenvalue weighted by Crippen LogP contribution is -1.94. The number of aromatic nitrogens is 4. The van der Waals surface area contributed by atoms with Crippen molar-refractivity contribution in [3.05, 3.63) is 34.0 Å². The van der Waals surface area contributed by atoms with Crippen LogP contribution in [0.1, 0.15) is 15.5 Å². The van der Waals surface area contributed by atoms with Crippen molar-refractivity contribution in [1.29, 1.82) is 0 Å². The first-order valence-corrected chi connectivity index (χ1v) is 5.55. The lowest BCUT2D eigenvalue weighted by molar-refractivity contribution is 0.940. The van der Waals surface area contributed by atoms with Crippen LogP contribution in [-0.4, -0.2) is 19.5 Å². The minimum atomic E-state index is -2.51. The van der Waals surface area contributed by atoms with Gasteiger partial charge in [0.25, 0.3) is 0 Å². The molecule has 0 saturated heterocycles. The van der Waals surface area contributed by atoms with E-state index in [2.05, 4.69) is 25.0 Å². The standard InChI is InChI=1S/C12H11N7/c1-6-7(2)15-10-8(14-6)4-5-9-11(10)16-12(17-18-13)19(9)3/h4-5H,1-3H3/i3D3. The number of imidazole rings is 1. The van der Waals surface area contributed by atoms with E-state index in [-0.39, 0.29) is 5.95 Å². The Morgan fingerprint density at radius 1 is 1.21 bits per heavy atom. The molecule has 0 saturated carbocycles. The van der Waals surface area contributed by atoms with E-state index in [9.17, 15) is 0 Å². The van der Waals surface area contributed by atoms with Gasteiger partial charge < -0.3 is 4.57 Å². The second-order valence-corrected chi connectivity index (χ2v) is 4.13. The van der Waals surface area contributed by atoms with Gasteiger partial charge in [0.1, 0.15) is 11.0 Å². The summed E-state index contributed by atoms with van der Waals surface area (Å²) in [6, 6.07) is 3.28. The second-order valence-electron chi connectivity index (χ2n) is 4.13. The van der Waals surface area contributed by atoms with Crippen LogP contribution in [0.15, 0.2) is 17.2 Å². The molecule has 3 aromatic rings. The van der Waals surface area contributed by atoms with E-state index < -0.39 is 6.98 Å². The first-order chi connectivity index (χ1) is 10.3. The van der Waals surface area contributed by atoms with E-state index >= 15 is 0 Å². The van der Waals surface area contributed by atoms with Gasteiger partial charge in [0.15, 0.2) is 5.95 Å². The summed E-state index contributed by atoms with van der Waals surface area (Å²) in [6.45, 7) is 1.15. The largest absolute Gasteiger partial charge is 0.326 e. The van der Waals surface area contributed by atoms with Crippen LogP contribution >= 0.6 is 0 Å². The lowest BCUT2D eigenvalue weighted by Gasteiger charge is -2.03. The molecule has 0 radical (unpaired) electrons. The molecule has 2 aromatic heterocycles. The smallest absolute Gasteiger partial charge is 0.197 e. The van der Waals surface area contributed by atoms with E-state index in [1.54, 1.807) is 12.1 Å². The van der Waals surface area contributed by atoms with E-state index in [4.69, 9.17) is 9.64 Å². The van der Waals surface area contributed by atoms with Gasteiger partial charge in [-0.15, -0.1) is 0 Å². The van der Waals surface area contributed by atoms with Gasteiger partial charge in [-0.25, -0.2) is 15.0 Å². The number of benzene rings is 1. The van der Waals surface area contributed by atoms with Gasteiger partial charge in [0.2, 0.25) is 0 Å². The third-order valence-electron chi connectivity index (χ3n) is 2.99. The Hall–Kier alpha value is -2.66. The highest BCUT2D eigenvalue weighted by Gasteiger charge is 2.12. The SMILES string of the molecule is [2H]C([2H])([2H])n1c(N=[N+]=[N-])nc2c3nc(C)c(C)nc3ccc21. The molecule has 2 heterocycles. The maximum atomic E-state index is 8.62. The first-order valence-electron chi connectivity index (χ1n) is 7.05. The number of rotatable bonds is 1. The minimum absolute atomic E-state index is 0.218. The van der Waals surface area contributed by atoms with Crippen molar-refractivity contribution >= 4 is 28.0 Å². The molecule has 3 rings (SSSR count). The summed E-state index contributed by atoms with van der Waals surface area (Å²) < 4.78 is 23.8. The molecule has 0 N–H and O–H groups in total. The molecule has 1 aromatic carbocycles. The van der Waals surface area contributed by atoms with Crippen molar-refractivity contribution in [2.24, 2.45) is 12.1 Å². The minimum Gasteiger partial charge on any atom is -0.326 e. The summed E-state index contributed by atoms with van der Waals surface area (Å²) in [4.78, 5) is 15.7. The third kappa shape index (κ3) is 1.60. The molecule has 0 bridgehead atoms. The van der Waals surface area contributed by atoms with Crippen LogP contribution in [-0.2, 0) is 6.98 Å². The number of azide groups is 1. The predicted octanol–water partition coefficient (Wildman–Crippen LogP) is 3.08. The van der Waals surface area contributed by atoms with Gasteiger partial charge in [0.05, 0.1) is 22.4 Å². The van der Waals surface area contributed by atoms with Crippen molar-refractivity contribution in [2.45, 2.75) is 13.8 Å². The Balaban J connectivity index is 2.50. The molecule has 0 unspecified atom stereocenters. The molecular weight excluding hydrogens is 242 g/mol. The van der Waals surface area contributed by atoms with Crippen molar-refractivity contribution in [1.82, 2.24) is 19.5 Å². The van der Waals surface area contributed by atoms with Crippen molar-refractivity contribution in [2.75, 3.05) is 0 Å². The zero-order chi connectivity index (χ0) is 16.1. The quantitative estimate of drug-likeness (QED) is 0.380. The highest BCUT2D eigenvalue weighted by Crippen LogP contribution is 2.26. The Morgan fingerprint density at radius 2 is 2.00 bits per heavy atom. The van der Waals surface area contributed by atoms with Gasteiger partial charge in [-0.2, -0.15) is 0 Å². The van der Waals surface area contributed by atoms with Crippen molar-refractivity contribution in [3.63, 3.8) is 0 Å². The Bertz CT molecular complexity index is 951. The molecular formula is C12H11N7. The van der Waals surface area contributed by atoms with E-state index in [0.717, 1.165) is 16.0 Å². The molecule has 0 spiro atoms. The summed E-state index contributed by atoms with van der Waals surface area (Å²) in [6.07, 6.45) is 0. The van der Waals surface area contributed by atoms with Crippen LogP contribution < -0.4 is 0 Å². The molecule has 7 heteroatoms. The molecule has 19 heavy (non-hydrogen) atoms. The fourth-order valence-electron chi connectivity index (χ4n) is 1.92. The predicted molar refractivity (Wildman–Crippen MR) is 72.1 cm³/mol.